The van der Waals surface area contributed by atoms with Crippen molar-refractivity contribution in [2.75, 3.05) is 6.54 Å². The number of rotatable bonds is 4. The van der Waals surface area contributed by atoms with Crippen LogP contribution in [0, 0.1) is 0 Å². The smallest absolute Gasteiger partial charge is 0.331 e. The molecule has 8 nitrogen and oxygen atoms in total. The van der Waals surface area contributed by atoms with Crippen LogP contribution in [0.5, 0.6) is 11.5 Å². The predicted octanol–water partition coefficient (Wildman–Crippen LogP) is 2.20. The number of amides is 2. The molecule has 2 amide bonds. The highest BCUT2D eigenvalue weighted by molar-refractivity contribution is 6.32. The van der Waals surface area contributed by atoms with Crippen molar-refractivity contribution < 1.29 is 15.0 Å². The van der Waals surface area contributed by atoms with Crippen LogP contribution >= 0.6 is 11.6 Å². The molecule has 0 atom stereocenters. The molecule has 3 rings (SSSR count). The number of imidazole rings is 1. The fourth-order valence-electron chi connectivity index (χ4n) is 2.63. The molecule has 3 aromatic rings. The number of hydrogen-bond acceptors (Lipinski definition) is 4. The van der Waals surface area contributed by atoms with Crippen LogP contribution < -0.4 is 16.3 Å². The normalized spacial score (nSPS) is 10.8. The summed E-state index contributed by atoms with van der Waals surface area (Å²) in [5.41, 5.74) is 1.54. The molecule has 0 aliphatic rings. The summed E-state index contributed by atoms with van der Waals surface area (Å²) in [6.07, 6.45) is 0. The molecule has 5 N–H and O–H groups in total. The number of phenols is 2. The molecule has 0 aliphatic heterocycles. The zero-order chi connectivity index (χ0) is 18.8. The fourth-order valence-corrected chi connectivity index (χ4v) is 2.79. The van der Waals surface area contributed by atoms with Gasteiger partial charge in [-0.25, -0.2) is 9.59 Å². The summed E-state index contributed by atoms with van der Waals surface area (Å²) in [5.74, 6) is -0.559. The number of urea groups is 1. The number of nitrogens with zero attached hydrogens (tertiary/aromatic N) is 1. The monoisotopic (exact) mass is 376 g/mol. The number of aromatic amines is 1. The predicted molar refractivity (Wildman–Crippen MR) is 98.1 cm³/mol. The van der Waals surface area contributed by atoms with E-state index in [2.05, 4.69) is 15.6 Å². The first kappa shape index (κ1) is 17.7. The van der Waals surface area contributed by atoms with E-state index in [9.17, 15) is 19.8 Å². The van der Waals surface area contributed by atoms with Crippen LogP contribution in [0.4, 0.5) is 4.79 Å². The van der Waals surface area contributed by atoms with Crippen molar-refractivity contribution in [3.63, 3.8) is 0 Å². The van der Waals surface area contributed by atoms with Gasteiger partial charge in [-0.3, -0.25) is 4.57 Å². The molecular formula is C17H17ClN4O4. The van der Waals surface area contributed by atoms with Crippen molar-refractivity contribution in [2.45, 2.75) is 13.5 Å². The molecule has 0 bridgehead atoms. The number of carbonyl (C=O) groups is 1. The Morgan fingerprint density at radius 3 is 2.69 bits per heavy atom. The highest BCUT2D eigenvalue weighted by Crippen LogP contribution is 2.33. The van der Waals surface area contributed by atoms with Crippen molar-refractivity contribution in [1.29, 1.82) is 0 Å². The maximum absolute atomic E-state index is 12.4. The summed E-state index contributed by atoms with van der Waals surface area (Å²) in [6.45, 7) is 2.65. The van der Waals surface area contributed by atoms with Crippen LogP contribution in [-0.2, 0) is 6.54 Å². The maximum atomic E-state index is 12.4. The van der Waals surface area contributed by atoms with Gasteiger partial charge in [0.1, 0.15) is 11.5 Å². The topological polar surface area (TPSA) is 119 Å². The summed E-state index contributed by atoms with van der Waals surface area (Å²) < 4.78 is 1.26. The van der Waals surface area contributed by atoms with Gasteiger partial charge in [-0.15, -0.1) is 0 Å². The van der Waals surface area contributed by atoms with Gasteiger partial charge in [0, 0.05) is 19.2 Å². The number of fused-ring (bicyclic) bond motifs is 1. The molecule has 0 spiro atoms. The Kier molecular flexibility index (Phi) is 4.77. The van der Waals surface area contributed by atoms with E-state index in [4.69, 9.17) is 11.6 Å². The van der Waals surface area contributed by atoms with Crippen LogP contribution in [0.3, 0.4) is 0 Å². The number of aromatic hydroxyl groups is 2. The number of benzene rings is 2. The second-order valence-corrected chi connectivity index (χ2v) is 6.03. The van der Waals surface area contributed by atoms with E-state index in [1.807, 2.05) is 6.92 Å². The number of halogens is 1. The zero-order valence-electron chi connectivity index (χ0n) is 13.8. The first-order valence-corrected chi connectivity index (χ1v) is 8.25. The Bertz CT molecular complexity index is 1040. The van der Waals surface area contributed by atoms with Crippen molar-refractivity contribution in [1.82, 2.24) is 20.2 Å². The minimum Gasteiger partial charge on any atom is -0.506 e. The molecule has 2 aromatic carbocycles. The summed E-state index contributed by atoms with van der Waals surface area (Å²) in [5, 5.41) is 25.0. The molecule has 0 saturated carbocycles. The Balaban J connectivity index is 1.99. The molecule has 0 radical (unpaired) electrons. The molecule has 1 heterocycles. The van der Waals surface area contributed by atoms with Crippen LogP contribution in [0.15, 0.2) is 35.1 Å². The average molecular weight is 377 g/mol. The molecule has 0 fully saturated rings. The minimum atomic E-state index is -0.467. The van der Waals surface area contributed by atoms with Crippen molar-refractivity contribution in [2.24, 2.45) is 0 Å². The Morgan fingerprint density at radius 2 is 1.96 bits per heavy atom. The molecule has 0 unspecified atom stereocenters. The summed E-state index contributed by atoms with van der Waals surface area (Å²) in [4.78, 5) is 26.5. The van der Waals surface area contributed by atoms with Gasteiger partial charge in [0.25, 0.3) is 0 Å². The van der Waals surface area contributed by atoms with Gasteiger partial charge in [-0.05, 0) is 30.7 Å². The lowest BCUT2D eigenvalue weighted by Crippen LogP contribution is -2.34. The Morgan fingerprint density at radius 1 is 1.19 bits per heavy atom. The number of carbonyl (C=O) groups excluding carboxylic acids is 1. The van der Waals surface area contributed by atoms with Crippen LogP contribution in [-0.4, -0.2) is 32.3 Å². The van der Waals surface area contributed by atoms with Gasteiger partial charge in [0.15, 0.2) is 0 Å². The van der Waals surface area contributed by atoms with Crippen LogP contribution in [0.1, 0.15) is 12.5 Å². The van der Waals surface area contributed by atoms with Gasteiger partial charge in [0.05, 0.1) is 21.7 Å². The molecule has 0 aliphatic carbocycles. The standard InChI is InChI=1S/C17H17ClN4O4/c1-2-19-16(25)20-8-9-3-4-12-11(5-9)21-17(26)22(12)13-6-10(18)14(23)7-15(13)24/h3-7,23-24H,2,8H2,1H3,(H,21,26)(H2,19,20,25). The molecule has 0 saturated heterocycles. The zero-order valence-corrected chi connectivity index (χ0v) is 14.6. The minimum absolute atomic E-state index is 0.0156. The van der Waals surface area contributed by atoms with E-state index in [0.717, 1.165) is 11.6 Å². The Labute approximate surface area is 153 Å². The largest absolute Gasteiger partial charge is 0.506 e. The first-order valence-electron chi connectivity index (χ1n) is 7.88. The third-order valence-corrected chi connectivity index (χ3v) is 4.12. The summed E-state index contributed by atoms with van der Waals surface area (Å²) in [7, 11) is 0. The van der Waals surface area contributed by atoms with E-state index in [0.29, 0.717) is 24.1 Å². The third-order valence-electron chi connectivity index (χ3n) is 3.82. The van der Waals surface area contributed by atoms with Crippen molar-refractivity contribution >= 4 is 28.7 Å². The second kappa shape index (κ2) is 7.01. The number of phenolic OH excluding ortho intramolecular Hbond substituents is 2. The van der Waals surface area contributed by atoms with Crippen LogP contribution in [0.25, 0.3) is 16.7 Å². The lowest BCUT2D eigenvalue weighted by Gasteiger charge is -2.09. The maximum Gasteiger partial charge on any atom is 0.331 e. The molecule has 136 valence electrons. The number of hydrogen-bond donors (Lipinski definition) is 5. The van der Waals surface area contributed by atoms with Crippen LogP contribution in [0.2, 0.25) is 5.02 Å². The molecule has 9 heteroatoms. The number of H-pyrrole nitrogens is 1. The van der Waals surface area contributed by atoms with E-state index < -0.39 is 5.69 Å². The van der Waals surface area contributed by atoms with Gasteiger partial charge in [-0.1, -0.05) is 17.7 Å². The van der Waals surface area contributed by atoms with Gasteiger partial charge >= 0.3 is 11.7 Å². The molecule has 1 aromatic heterocycles. The number of nitrogens with one attached hydrogen (secondary N) is 3. The Hall–Kier alpha value is -3.13. The second-order valence-electron chi connectivity index (χ2n) is 5.62. The first-order chi connectivity index (χ1) is 12.4. The third kappa shape index (κ3) is 3.31. The lowest BCUT2D eigenvalue weighted by molar-refractivity contribution is 0.241. The highest BCUT2D eigenvalue weighted by atomic mass is 35.5. The average Bonchev–Trinajstić information content (AvgIpc) is 2.91. The summed E-state index contributed by atoms with van der Waals surface area (Å²) in [6, 6.07) is 7.30. The SMILES string of the molecule is CCNC(=O)NCc1ccc2c(c1)[nH]c(=O)n2-c1cc(Cl)c(O)cc1O. The van der Waals surface area contributed by atoms with E-state index in [-0.39, 0.29) is 28.2 Å². The summed E-state index contributed by atoms with van der Waals surface area (Å²) >= 11 is 5.90. The van der Waals surface area contributed by atoms with Crippen molar-refractivity contribution in [3.8, 4) is 17.2 Å². The quantitative estimate of drug-likeness (QED) is 0.479. The fraction of sp³-hybridized carbons (Fsp3) is 0.176. The van der Waals surface area contributed by atoms with Gasteiger partial charge in [0.2, 0.25) is 0 Å². The van der Waals surface area contributed by atoms with Crippen molar-refractivity contribution in [3.05, 3.63) is 51.4 Å². The van der Waals surface area contributed by atoms with Gasteiger partial charge in [-0.2, -0.15) is 0 Å². The molecular weight excluding hydrogens is 360 g/mol. The number of aromatic nitrogens is 2. The van der Waals surface area contributed by atoms with E-state index >= 15 is 0 Å². The molecule has 26 heavy (non-hydrogen) atoms. The van der Waals surface area contributed by atoms with E-state index in [1.165, 1.54) is 10.6 Å². The lowest BCUT2D eigenvalue weighted by atomic mass is 10.2. The van der Waals surface area contributed by atoms with E-state index in [1.54, 1.807) is 18.2 Å². The van der Waals surface area contributed by atoms with Gasteiger partial charge < -0.3 is 25.8 Å². The highest BCUT2D eigenvalue weighted by Gasteiger charge is 2.15.